The fraction of sp³-hybridized carbons (Fsp3) is 0.417. The first-order valence-electron chi connectivity index (χ1n) is 9.92. The number of hydrogen-bond donors (Lipinski definition) is 0. The van der Waals surface area contributed by atoms with E-state index >= 15 is 0 Å². The molecule has 0 unspecified atom stereocenters. The molecule has 28 heavy (non-hydrogen) atoms. The number of rotatable bonds is 4. The van der Waals surface area contributed by atoms with Crippen molar-refractivity contribution in [2.75, 3.05) is 0 Å². The SMILES string of the molecule is CC(C)(C)OC(=O)[C@]1(c2ccccc2)CC2(CC2)N(Cc2ccccc2)C1=O. The molecule has 0 aromatic heterocycles. The first kappa shape index (κ1) is 18.7. The predicted molar refractivity (Wildman–Crippen MR) is 108 cm³/mol. The summed E-state index contributed by atoms with van der Waals surface area (Å²) in [7, 11) is 0. The molecule has 1 spiro atoms. The van der Waals surface area contributed by atoms with E-state index in [1.807, 2.05) is 86.3 Å². The fourth-order valence-corrected chi connectivity index (χ4v) is 4.30. The van der Waals surface area contributed by atoms with Gasteiger partial charge in [-0.25, -0.2) is 0 Å². The van der Waals surface area contributed by atoms with Crippen LogP contribution < -0.4 is 0 Å². The Morgan fingerprint density at radius 2 is 1.57 bits per heavy atom. The molecule has 1 aliphatic heterocycles. The van der Waals surface area contributed by atoms with Gasteiger partial charge in [0.15, 0.2) is 5.41 Å². The summed E-state index contributed by atoms with van der Waals surface area (Å²) in [5.41, 5.74) is -0.339. The van der Waals surface area contributed by atoms with Gasteiger partial charge >= 0.3 is 5.97 Å². The molecule has 2 aliphatic rings. The average Bonchev–Trinajstić information content (AvgIpc) is 3.39. The zero-order valence-corrected chi connectivity index (χ0v) is 16.8. The Morgan fingerprint density at radius 1 is 1.00 bits per heavy atom. The fourth-order valence-electron chi connectivity index (χ4n) is 4.30. The second-order valence-corrected chi connectivity index (χ2v) is 9.05. The molecule has 1 aliphatic carbocycles. The lowest BCUT2D eigenvalue weighted by Crippen LogP contribution is -2.47. The van der Waals surface area contributed by atoms with Crippen LogP contribution in [0.5, 0.6) is 0 Å². The van der Waals surface area contributed by atoms with Crippen molar-refractivity contribution in [1.29, 1.82) is 0 Å². The molecule has 1 saturated carbocycles. The molecule has 4 heteroatoms. The van der Waals surface area contributed by atoms with Crippen LogP contribution in [0.4, 0.5) is 0 Å². The smallest absolute Gasteiger partial charge is 0.326 e. The van der Waals surface area contributed by atoms with Crippen LogP contribution in [-0.4, -0.2) is 27.9 Å². The highest BCUT2D eigenvalue weighted by atomic mass is 16.6. The van der Waals surface area contributed by atoms with Crippen LogP contribution in [0.1, 0.15) is 51.2 Å². The van der Waals surface area contributed by atoms with Gasteiger partial charge in [0.05, 0.1) is 0 Å². The number of esters is 1. The van der Waals surface area contributed by atoms with Crippen molar-refractivity contribution in [2.24, 2.45) is 0 Å². The summed E-state index contributed by atoms with van der Waals surface area (Å²) in [4.78, 5) is 29.2. The zero-order chi connectivity index (χ0) is 20.0. The number of carbonyl (C=O) groups excluding carboxylic acids is 2. The largest absolute Gasteiger partial charge is 0.459 e. The van der Waals surface area contributed by atoms with E-state index in [-0.39, 0.29) is 11.4 Å². The van der Waals surface area contributed by atoms with E-state index in [0.29, 0.717) is 13.0 Å². The van der Waals surface area contributed by atoms with Crippen LogP contribution in [0.15, 0.2) is 60.7 Å². The summed E-state index contributed by atoms with van der Waals surface area (Å²) in [5.74, 6) is -0.563. The Hall–Kier alpha value is -2.62. The molecule has 1 atom stereocenters. The Bertz CT molecular complexity index is 881. The van der Waals surface area contributed by atoms with Gasteiger partial charge in [-0.1, -0.05) is 60.7 Å². The van der Waals surface area contributed by atoms with Crippen LogP contribution in [0, 0.1) is 0 Å². The highest BCUT2D eigenvalue weighted by Crippen LogP contribution is 2.58. The normalized spacial score (nSPS) is 23.1. The van der Waals surface area contributed by atoms with E-state index in [4.69, 9.17) is 4.74 Å². The molecule has 2 aromatic rings. The van der Waals surface area contributed by atoms with E-state index in [2.05, 4.69) is 0 Å². The van der Waals surface area contributed by atoms with Gasteiger partial charge in [-0.05, 0) is 51.2 Å². The highest BCUT2D eigenvalue weighted by molar-refractivity contribution is 6.11. The molecule has 1 heterocycles. The van der Waals surface area contributed by atoms with E-state index in [0.717, 1.165) is 24.0 Å². The molecule has 0 radical (unpaired) electrons. The minimum atomic E-state index is -1.26. The molecule has 0 bridgehead atoms. The number of ether oxygens (including phenoxy) is 1. The molecular weight excluding hydrogens is 350 g/mol. The molecule has 146 valence electrons. The Balaban J connectivity index is 1.77. The van der Waals surface area contributed by atoms with Crippen molar-refractivity contribution in [1.82, 2.24) is 4.90 Å². The van der Waals surface area contributed by atoms with Crippen LogP contribution in [0.3, 0.4) is 0 Å². The molecule has 0 N–H and O–H groups in total. The predicted octanol–water partition coefficient (Wildman–Crippen LogP) is 4.23. The molecule has 2 fully saturated rings. The van der Waals surface area contributed by atoms with Crippen LogP contribution in [-0.2, 0) is 26.3 Å². The Morgan fingerprint density at radius 3 is 2.11 bits per heavy atom. The molecular formula is C24H27NO3. The summed E-state index contributed by atoms with van der Waals surface area (Å²) in [6, 6.07) is 19.4. The maximum atomic E-state index is 13.8. The number of amides is 1. The quantitative estimate of drug-likeness (QED) is 0.592. The third-order valence-corrected chi connectivity index (χ3v) is 5.80. The lowest BCUT2D eigenvalue weighted by Gasteiger charge is -2.30. The van der Waals surface area contributed by atoms with Gasteiger partial charge in [-0.15, -0.1) is 0 Å². The van der Waals surface area contributed by atoms with Crippen molar-refractivity contribution < 1.29 is 14.3 Å². The Labute approximate surface area is 166 Å². The third kappa shape index (κ3) is 3.11. The van der Waals surface area contributed by atoms with E-state index in [1.165, 1.54) is 0 Å². The van der Waals surface area contributed by atoms with Crippen molar-refractivity contribution in [3.8, 4) is 0 Å². The third-order valence-electron chi connectivity index (χ3n) is 5.80. The number of hydrogen-bond acceptors (Lipinski definition) is 3. The monoisotopic (exact) mass is 377 g/mol. The van der Waals surface area contributed by atoms with Gasteiger partial charge in [-0.2, -0.15) is 0 Å². The second-order valence-electron chi connectivity index (χ2n) is 9.05. The van der Waals surface area contributed by atoms with Gasteiger partial charge in [0.2, 0.25) is 5.91 Å². The van der Waals surface area contributed by atoms with Gasteiger partial charge < -0.3 is 9.64 Å². The van der Waals surface area contributed by atoms with Gasteiger partial charge in [0.25, 0.3) is 0 Å². The van der Waals surface area contributed by atoms with Gasteiger partial charge in [0, 0.05) is 12.1 Å². The van der Waals surface area contributed by atoms with E-state index < -0.39 is 17.0 Å². The standard InChI is InChI=1S/C24H27NO3/c1-22(2,3)28-21(27)24(19-12-8-5-9-13-19)17-23(14-15-23)25(20(24)26)16-18-10-6-4-7-11-18/h4-13H,14-17H2,1-3H3/t24-/m0/s1. The van der Waals surface area contributed by atoms with Gasteiger partial charge in [-0.3, -0.25) is 9.59 Å². The highest BCUT2D eigenvalue weighted by Gasteiger charge is 2.69. The van der Waals surface area contributed by atoms with Gasteiger partial charge in [0.1, 0.15) is 5.60 Å². The number of nitrogens with zero attached hydrogens (tertiary/aromatic N) is 1. The Kier molecular flexibility index (Phi) is 4.33. The molecule has 4 nitrogen and oxygen atoms in total. The summed E-state index contributed by atoms with van der Waals surface area (Å²) >= 11 is 0. The molecule has 1 saturated heterocycles. The van der Waals surface area contributed by atoms with Crippen molar-refractivity contribution >= 4 is 11.9 Å². The van der Waals surface area contributed by atoms with Crippen molar-refractivity contribution in [3.05, 3.63) is 71.8 Å². The summed E-state index contributed by atoms with van der Waals surface area (Å²) in [6.07, 6.45) is 2.36. The molecule has 4 rings (SSSR count). The van der Waals surface area contributed by atoms with E-state index in [9.17, 15) is 9.59 Å². The number of likely N-dealkylation sites (tertiary alicyclic amines) is 1. The van der Waals surface area contributed by atoms with Crippen molar-refractivity contribution in [2.45, 2.75) is 63.1 Å². The van der Waals surface area contributed by atoms with E-state index in [1.54, 1.807) is 0 Å². The first-order valence-corrected chi connectivity index (χ1v) is 9.92. The summed E-state index contributed by atoms with van der Waals surface area (Å²) in [5, 5.41) is 0. The maximum Gasteiger partial charge on any atom is 0.326 e. The second kappa shape index (κ2) is 6.47. The lowest BCUT2D eigenvalue weighted by atomic mass is 9.77. The minimum absolute atomic E-state index is 0.130. The molecule has 2 aromatic carbocycles. The number of benzene rings is 2. The maximum absolute atomic E-state index is 13.8. The van der Waals surface area contributed by atoms with Crippen LogP contribution in [0.2, 0.25) is 0 Å². The van der Waals surface area contributed by atoms with Crippen molar-refractivity contribution in [3.63, 3.8) is 0 Å². The van der Waals surface area contributed by atoms with Crippen LogP contribution >= 0.6 is 0 Å². The first-order chi connectivity index (χ1) is 13.3. The summed E-state index contributed by atoms with van der Waals surface area (Å²) in [6.45, 7) is 6.06. The topological polar surface area (TPSA) is 46.6 Å². The molecule has 1 amide bonds. The summed E-state index contributed by atoms with van der Waals surface area (Å²) < 4.78 is 5.78. The average molecular weight is 377 g/mol. The van der Waals surface area contributed by atoms with Crippen LogP contribution in [0.25, 0.3) is 0 Å². The lowest BCUT2D eigenvalue weighted by molar-refractivity contribution is -0.165. The minimum Gasteiger partial charge on any atom is -0.459 e. The zero-order valence-electron chi connectivity index (χ0n) is 16.8. The number of carbonyl (C=O) groups is 2.